The van der Waals surface area contributed by atoms with Crippen LogP contribution in [0.2, 0.25) is 0 Å². The van der Waals surface area contributed by atoms with Crippen LogP contribution in [0.25, 0.3) is 0 Å². The SMILES string of the molecule is COc1cc(CN(C(C)c2ccc3c(c2)CCO3)[C@H]2C[C@H](C(=O)O)C2)ccc1OCCn1c(=O)ccn(C)c1=O. The van der Waals surface area contributed by atoms with E-state index in [0.29, 0.717) is 37.5 Å². The Bertz CT molecular complexity index is 1510. The summed E-state index contributed by atoms with van der Waals surface area (Å²) in [5.74, 6) is 0.949. The Morgan fingerprint density at radius 3 is 2.70 bits per heavy atom. The predicted molar refractivity (Wildman–Crippen MR) is 148 cm³/mol. The van der Waals surface area contributed by atoms with Gasteiger partial charge in [0.05, 0.1) is 26.2 Å². The van der Waals surface area contributed by atoms with E-state index >= 15 is 0 Å². The Morgan fingerprint density at radius 2 is 1.95 bits per heavy atom. The van der Waals surface area contributed by atoms with E-state index < -0.39 is 11.7 Å². The molecular weight excluding hydrogens is 514 g/mol. The van der Waals surface area contributed by atoms with Crippen LogP contribution >= 0.6 is 0 Å². The molecule has 3 aromatic rings. The fourth-order valence-corrected chi connectivity index (χ4v) is 5.51. The van der Waals surface area contributed by atoms with E-state index in [2.05, 4.69) is 24.0 Å². The van der Waals surface area contributed by atoms with E-state index in [4.69, 9.17) is 14.2 Å². The minimum absolute atomic E-state index is 0.0689. The molecule has 10 heteroatoms. The van der Waals surface area contributed by atoms with Crippen LogP contribution in [-0.4, -0.2) is 51.5 Å². The number of hydrogen-bond acceptors (Lipinski definition) is 7. The lowest BCUT2D eigenvalue weighted by Gasteiger charge is -2.44. The number of rotatable bonds is 11. The zero-order valence-corrected chi connectivity index (χ0v) is 23.0. The van der Waals surface area contributed by atoms with E-state index in [9.17, 15) is 19.5 Å². The van der Waals surface area contributed by atoms with Crippen LogP contribution in [-0.2, 0) is 31.4 Å². The van der Waals surface area contributed by atoms with Gasteiger partial charge in [-0.25, -0.2) is 4.79 Å². The number of aryl methyl sites for hydroxylation is 1. The van der Waals surface area contributed by atoms with Gasteiger partial charge in [0.15, 0.2) is 11.5 Å². The highest BCUT2D eigenvalue weighted by molar-refractivity contribution is 5.71. The van der Waals surface area contributed by atoms with Crippen molar-refractivity contribution in [2.45, 2.75) is 51.4 Å². The third kappa shape index (κ3) is 5.62. The van der Waals surface area contributed by atoms with Crippen LogP contribution in [0.4, 0.5) is 0 Å². The maximum absolute atomic E-state index is 12.3. The van der Waals surface area contributed by atoms with Gasteiger partial charge in [-0.2, -0.15) is 0 Å². The third-order valence-electron chi connectivity index (χ3n) is 8.03. The minimum atomic E-state index is -0.739. The van der Waals surface area contributed by atoms with Crippen LogP contribution in [0, 0.1) is 5.92 Å². The summed E-state index contributed by atoms with van der Waals surface area (Å²) in [6.07, 6.45) is 3.57. The molecule has 1 aliphatic carbocycles. The van der Waals surface area contributed by atoms with E-state index in [1.54, 1.807) is 14.2 Å². The van der Waals surface area contributed by atoms with Crippen molar-refractivity contribution in [1.82, 2.24) is 14.0 Å². The smallest absolute Gasteiger partial charge is 0.330 e. The molecule has 1 atom stereocenters. The van der Waals surface area contributed by atoms with Crippen LogP contribution < -0.4 is 25.5 Å². The number of nitrogens with zero attached hydrogens (tertiary/aromatic N) is 3. The highest BCUT2D eigenvalue weighted by Gasteiger charge is 2.40. The van der Waals surface area contributed by atoms with Gasteiger partial charge in [-0.1, -0.05) is 18.2 Å². The molecule has 1 aromatic heterocycles. The topological polar surface area (TPSA) is 112 Å². The number of aromatic nitrogens is 2. The maximum atomic E-state index is 12.3. The van der Waals surface area contributed by atoms with Gasteiger partial charge in [0, 0.05) is 44.4 Å². The highest BCUT2D eigenvalue weighted by Crippen LogP contribution is 2.39. The second-order valence-electron chi connectivity index (χ2n) is 10.5. The number of carboxylic acids is 1. The molecule has 10 nitrogen and oxygen atoms in total. The Morgan fingerprint density at radius 1 is 1.15 bits per heavy atom. The maximum Gasteiger partial charge on any atom is 0.330 e. The summed E-state index contributed by atoms with van der Waals surface area (Å²) in [4.78, 5) is 38.2. The third-order valence-corrected chi connectivity index (χ3v) is 8.03. The zero-order chi connectivity index (χ0) is 28.4. The number of ether oxygens (including phenoxy) is 3. The molecule has 0 saturated heterocycles. The molecule has 40 heavy (non-hydrogen) atoms. The Labute approximate surface area is 232 Å². The normalized spacial score (nSPS) is 18.5. The molecule has 2 heterocycles. The van der Waals surface area contributed by atoms with E-state index in [0.717, 1.165) is 22.3 Å². The summed E-state index contributed by atoms with van der Waals surface area (Å²) >= 11 is 0. The molecule has 2 aliphatic rings. The Kier molecular flexibility index (Phi) is 7.97. The number of carbonyl (C=O) groups is 1. The lowest BCUT2D eigenvalue weighted by atomic mass is 9.78. The molecule has 5 rings (SSSR count). The zero-order valence-electron chi connectivity index (χ0n) is 23.0. The summed E-state index contributed by atoms with van der Waals surface area (Å²) in [6.45, 7) is 3.71. The quantitative estimate of drug-likeness (QED) is 0.389. The molecule has 1 fully saturated rings. The molecular formula is C30H35N3O7. The number of methoxy groups -OCH3 is 1. The van der Waals surface area contributed by atoms with Crippen molar-refractivity contribution in [1.29, 1.82) is 0 Å². The number of carboxylic acid groups (broad SMARTS) is 1. The molecule has 1 unspecified atom stereocenters. The number of hydrogen-bond donors (Lipinski definition) is 1. The monoisotopic (exact) mass is 549 g/mol. The fraction of sp³-hybridized carbons (Fsp3) is 0.433. The van der Waals surface area contributed by atoms with Crippen molar-refractivity contribution in [3.63, 3.8) is 0 Å². The minimum Gasteiger partial charge on any atom is -0.493 e. The van der Waals surface area contributed by atoms with Crippen molar-refractivity contribution < 1.29 is 24.1 Å². The summed E-state index contributed by atoms with van der Waals surface area (Å²) in [5, 5.41) is 9.47. The number of benzene rings is 2. The first-order chi connectivity index (χ1) is 19.2. The fourth-order valence-electron chi connectivity index (χ4n) is 5.51. The van der Waals surface area contributed by atoms with Crippen molar-refractivity contribution in [2.24, 2.45) is 13.0 Å². The average molecular weight is 550 g/mol. The predicted octanol–water partition coefficient (Wildman–Crippen LogP) is 3.00. The molecule has 2 aromatic carbocycles. The van der Waals surface area contributed by atoms with Gasteiger partial charge in [-0.3, -0.25) is 19.1 Å². The Balaban J connectivity index is 1.32. The van der Waals surface area contributed by atoms with Gasteiger partial charge >= 0.3 is 11.7 Å². The number of aliphatic carboxylic acids is 1. The van der Waals surface area contributed by atoms with Crippen molar-refractivity contribution in [3.05, 3.63) is 86.2 Å². The lowest BCUT2D eigenvalue weighted by Crippen LogP contribution is -2.47. The lowest BCUT2D eigenvalue weighted by molar-refractivity contribution is -0.147. The van der Waals surface area contributed by atoms with Crippen LogP contribution in [0.5, 0.6) is 17.2 Å². The van der Waals surface area contributed by atoms with Gasteiger partial charge in [-0.05, 0) is 54.7 Å². The van der Waals surface area contributed by atoms with E-state index in [1.165, 1.54) is 28.0 Å². The first-order valence-electron chi connectivity index (χ1n) is 13.6. The largest absolute Gasteiger partial charge is 0.493 e. The second kappa shape index (κ2) is 11.6. The summed E-state index contributed by atoms with van der Waals surface area (Å²) in [6, 6.07) is 13.6. The van der Waals surface area contributed by atoms with Gasteiger partial charge in [0.1, 0.15) is 12.4 Å². The summed E-state index contributed by atoms with van der Waals surface area (Å²) in [7, 11) is 3.16. The first kappa shape index (κ1) is 27.5. The Hall–Kier alpha value is -4.05. The van der Waals surface area contributed by atoms with Gasteiger partial charge in [-0.15, -0.1) is 0 Å². The second-order valence-corrected chi connectivity index (χ2v) is 10.5. The molecule has 0 amide bonds. The molecule has 0 spiro atoms. The molecule has 0 bridgehead atoms. The number of fused-ring (bicyclic) bond motifs is 1. The average Bonchev–Trinajstić information content (AvgIpc) is 3.39. The van der Waals surface area contributed by atoms with Crippen LogP contribution in [0.3, 0.4) is 0 Å². The highest BCUT2D eigenvalue weighted by atomic mass is 16.5. The molecule has 212 valence electrons. The summed E-state index contributed by atoms with van der Waals surface area (Å²) in [5.41, 5.74) is 2.62. The standard InChI is InChI=1S/C30H35N3O7/c1-19(21-5-7-25-22(15-21)9-12-39-25)33(24-16-23(17-24)29(35)36)18-20-4-6-26(27(14-20)38-3)40-13-11-32-28(34)8-10-31(2)30(32)37/h4-8,10,14-15,19,23-24H,9,11-13,16-18H2,1-3H3,(H,35,36)/t19?,23-,24-. The van der Waals surface area contributed by atoms with E-state index in [1.807, 2.05) is 24.3 Å². The van der Waals surface area contributed by atoms with Crippen LogP contribution in [0.15, 0.2) is 58.3 Å². The van der Waals surface area contributed by atoms with Gasteiger partial charge in [0.25, 0.3) is 5.56 Å². The van der Waals surface area contributed by atoms with Gasteiger partial charge < -0.3 is 23.9 Å². The first-order valence-corrected chi connectivity index (χ1v) is 13.6. The van der Waals surface area contributed by atoms with Crippen molar-refractivity contribution in [2.75, 3.05) is 20.3 Å². The molecule has 1 aliphatic heterocycles. The molecule has 1 saturated carbocycles. The van der Waals surface area contributed by atoms with Crippen molar-refractivity contribution in [3.8, 4) is 17.2 Å². The molecule has 0 radical (unpaired) electrons. The van der Waals surface area contributed by atoms with Gasteiger partial charge in [0.2, 0.25) is 0 Å². The summed E-state index contributed by atoms with van der Waals surface area (Å²) < 4.78 is 19.7. The van der Waals surface area contributed by atoms with E-state index in [-0.39, 0.29) is 36.7 Å². The van der Waals surface area contributed by atoms with Crippen molar-refractivity contribution >= 4 is 5.97 Å². The van der Waals surface area contributed by atoms with Crippen LogP contribution in [0.1, 0.15) is 42.5 Å². The molecule has 1 N–H and O–H groups in total.